The fourth-order valence-electron chi connectivity index (χ4n) is 3.31. The molecule has 2 aromatic carbocycles. The predicted molar refractivity (Wildman–Crippen MR) is 114 cm³/mol. The molecule has 0 atom stereocenters. The van der Waals surface area contributed by atoms with E-state index in [1.165, 1.54) is 0 Å². The number of amides is 1. The van der Waals surface area contributed by atoms with Crippen molar-refractivity contribution in [2.24, 2.45) is 7.05 Å². The van der Waals surface area contributed by atoms with Gasteiger partial charge >= 0.3 is 0 Å². The summed E-state index contributed by atoms with van der Waals surface area (Å²) in [6, 6.07) is 15.8. The van der Waals surface area contributed by atoms with Crippen molar-refractivity contribution in [1.29, 1.82) is 0 Å². The number of aryl methyl sites for hydroxylation is 3. The summed E-state index contributed by atoms with van der Waals surface area (Å²) in [5, 5.41) is 7.51. The van der Waals surface area contributed by atoms with Gasteiger partial charge < -0.3 is 10.3 Å². The van der Waals surface area contributed by atoms with Crippen LogP contribution >= 0.6 is 15.9 Å². The number of H-pyrrole nitrogens is 1. The SMILES string of the molecule is Cc1nn(C)c(NC(=O)CCc2nc3ccccc3[nH]2)c1-c1ccc(Br)cc1. The van der Waals surface area contributed by atoms with Gasteiger partial charge in [0.1, 0.15) is 11.6 Å². The van der Waals surface area contributed by atoms with Crippen LogP contribution in [0, 0.1) is 6.92 Å². The Labute approximate surface area is 171 Å². The first-order chi connectivity index (χ1) is 13.5. The zero-order chi connectivity index (χ0) is 19.7. The lowest BCUT2D eigenvalue weighted by molar-refractivity contribution is -0.116. The molecule has 6 nitrogen and oxygen atoms in total. The number of nitrogens with one attached hydrogen (secondary N) is 2. The smallest absolute Gasteiger partial charge is 0.225 e. The van der Waals surface area contributed by atoms with Crippen LogP contribution in [-0.4, -0.2) is 25.7 Å². The number of aromatic nitrogens is 4. The maximum Gasteiger partial charge on any atom is 0.225 e. The third kappa shape index (κ3) is 3.71. The van der Waals surface area contributed by atoms with Gasteiger partial charge in [0, 0.05) is 29.9 Å². The fraction of sp³-hybridized carbons (Fsp3) is 0.190. The third-order valence-electron chi connectivity index (χ3n) is 4.64. The van der Waals surface area contributed by atoms with E-state index in [1.807, 2.05) is 62.5 Å². The lowest BCUT2D eigenvalue weighted by Gasteiger charge is -2.09. The molecule has 0 spiro atoms. The van der Waals surface area contributed by atoms with Crippen molar-refractivity contribution >= 4 is 38.7 Å². The summed E-state index contributed by atoms with van der Waals surface area (Å²) in [6.45, 7) is 1.95. The Morgan fingerprint density at radius 2 is 1.93 bits per heavy atom. The Balaban J connectivity index is 1.50. The van der Waals surface area contributed by atoms with Gasteiger partial charge in [0.15, 0.2) is 0 Å². The molecule has 0 saturated heterocycles. The largest absolute Gasteiger partial charge is 0.342 e. The van der Waals surface area contributed by atoms with E-state index < -0.39 is 0 Å². The molecule has 2 heterocycles. The van der Waals surface area contributed by atoms with E-state index in [9.17, 15) is 4.79 Å². The normalized spacial score (nSPS) is 11.1. The van der Waals surface area contributed by atoms with E-state index in [1.54, 1.807) is 4.68 Å². The van der Waals surface area contributed by atoms with Crippen LogP contribution in [0.25, 0.3) is 22.2 Å². The van der Waals surface area contributed by atoms with Crippen LogP contribution in [0.5, 0.6) is 0 Å². The molecule has 7 heteroatoms. The molecule has 0 aliphatic rings. The molecule has 0 aliphatic heterocycles. The first-order valence-electron chi connectivity index (χ1n) is 9.04. The number of aromatic amines is 1. The first-order valence-corrected chi connectivity index (χ1v) is 9.83. The van der Waals surface area contributed by atoms with Gasteiger partial charge in [0.25, 0.3) is 0 Å². The van der Waals surface area contributed by atoms with Gasteiger partial charge in [0.05, 0.1) is 16.7 Å². The molecule has 142 valence electrons. The van der Waals surface area contributed by atoms with Gasteiger partial charge in [0.2, 0.25) is 5.91 Å². The molecule has 1 amide bonds. The summed E-state index contributed by atoms with van der Waals surface area (Å²) in [4.78, 5) is 20.4. The highest BCUT2D eigenvalue weighted by molar-refractivity contribution is 9.10. The number of benzene rings is 2. The quantitative estimate of drug-likeness (QED) is 0.478. The number of carbonyl (C=O) groups excluding carboxylic acids is 1. The number of imidazole rings is 1. The highest BCUT2D eigenvalue weighted by Gasteiger charge is 2.17. The van der Waals surface area contributed by atoms with Crippen LogP contribution in [0.3, 0.4) is 0 Å². The Hall–Kier alpha value is -2.93. The summed E-state index contributed by atoms with van der Waals surface area (Å²) in [5.74, 6) is 1.45. The first kappa shape index (κ1) is 18.4. The second-order valence-electron chi connectivity index (χ2n) is 6.69. The fourth-order valence-corrected chi connectivity index (χ4v) is 3.58. The van der Waals surface area contributed by atoms with Crippen molar-refractivity contribution in [3.05, 3.63) is 64.5 Å². The van der Waals surface area contributed by atoms with Gasteiger partial charge in [-0.3, -0.25) is 9.48 Å². The molecule has 0 unspecified atom stereocenters. The summed E-state index contributed by atoms with van der Waals surface area (Å²) in [5.41, 5.74) is 4.72. The van der Waals surface area contributed by atoms with E-state index in [-0.39, 0.29) is 5.91 Å². The second-order valence-corrected chi connectivity index (χ2v) is 7.60. The highest BCUT2D eigenvalue weighted by atomic mass is 79.9. The van der Waals surface area contributed by atoms with E-state index >= 15 is 0 Å². The Morgan fingerprint density at radius 1 is 1.18 bits per heavy atom. The molecular formula is C21H20BrN5O. The number of carbonyl (C=O) groups is 1. The molecule has 0 fully saturated rings. The van der Waals surface area contributed by atoms with Crippen molar-refractivity contribution in [2.45, 2.75) is 19.8 Å². The average molecular weight is 438 g/mol. The van der Waals surface area contributed by atoms with E-state index in [0.717, 1.165) is 38.2 Å². The number of rotatable bonds is 5. The number of hydrogen-bond donors (Lipinski definition) is 2. The average Bonchev–Trinajstić information content (AvgIpc) is 3.21. The van der Waals surface area contributed by atoms with Gasteiger partial charge in [-0.25, -0.2) is 4.98 Å². The van der Waals surface area contributed by atoms with Crippen molar-refractivity contribution in [1.82, 2.24) is 19.7 Å². The summed E-state index contributed by atoms with van der Waals surface area (Å²) >= 11 is 3.46. The molecule has 2 aromatic heterocycles. The number of para-hydroxylation sites is 2. The van der Waals surface area contributed by atoms with E-state index in [4.69, 9.17) is 0 Å². The number of anilines is 1. The third-order valence-corrected chi connectivity index (χ3v) is 5.17. The Morgan fingerprint density at radius 3 is 2.68 bits per heavy atom. The molecule has 4 rings (SSSR count). The van der Waals surface area contributed by atoms with E-state index in [2.05, 4.69) is 36.3 Å². The monoisotopic (exact) mass is 437 g/mol. The minimum atomic E-state index is -0.0678. The van der Waals surface area contributed by atoms with Gasteiger partial charge in [-0.2, -0.15) is 5.10 Å². The standard InChI is InChI=1S/C21H20BrN5O/c1-13-20(14-7-9-15(22)10-8-14)21(27(2)26-13)25-19(28)12-11-18-23-16-5-3-4-6-17(16)24-18/h3-10H,11-12H2,1-2H3,(H,23,24)(H,25,28). The molecule has 0 saturated carbocycles. The number of nitrogens with zero attached hydrogens (tertiary/aromatic N) is 3. The molecule has 0 bridgehead atoms. The Kier molecular flexibility index (Phi) is 5.00. The lowest BCUT2D eigenvalue weighted by Crippen LogP contribution is -2.15. The number of hydrogen-bond acceptors (Lipinski definition) is 3. The van der Waals surface area contributed by atoms with Crippen LogP contribution < -0.4 is 5.32 Å². The van der Waals surface area contributed by atoms with Crippen LogP contribution in [0.1, 0.15) is 17.9 Å². The van der Waals surface area contributed by atoms with E-state index in [0.29, 0.717) is 18.7 Å². The number of fused-ring (bicyclic) bond motifs is 1. The molecule has 0 radical (unpaired) electrons. The molecule has 2 N–H and O–H groups in total. The lowest BCUT2D eigenvalue weighted by atomic mass is 10.1. The zero-order valence-electron chi connectivity index (χ0n) is 15.7. The van der Waals surface area contributed by atoms with Crippen LogP contribution in [0.15, 0.2) is 53.0 Å². The molecular weight excluding hydrogens is 418 g/mol. The van der Waals surface area contributed by atoms with Gasteiger partial charge in [-0.1, -0.05) is 40.2 Å². The second kappa shape index (κ2) is 7.59. The summed E-state index contributed by atoms with van der Waals surface area (Å²) in [6.07, 6.45) is 0.884. The van der Waals surface area contributed by atoms with Gasteiger partial charge in [-0.15, -0.1) is 0 Å². The molecule has 4 aromatic rings. The summed E-state index contributed by atoms with van der Waals surface area (Å²) in [7, 11) is 1.84. The molecule has 28 heavy (non-hydrogen) atoms. The topological polar surface area (TPSA) is 75.6 Å². The maximum absolute atomic E-state index is 12.6. The maximum atomic E-state index is 12.6. The zero-order valence-corrected chi connectivity index (χ0v) is 17.2. The van der Waals surface area contributed by atoms with Crippen molar-refractivity contribution in [2.75, 3.05) is 5.32 Å². The van der Waals surface area contributed by atoms with Crippen LogP contribution in [0.4, 0.5) is 5.82 Å². The minimum absolute atomic E-state index is 0.0678. The Bertz CT molecular complexity index is 1110. The minimum Gasteiger partial charge on any atom is -0.342 e. The highest BCUT2D eigenvalue weighted by Crippen LogP contribution is 2.32. The number of halogens is 1. The van der Waals surface area contributed by atoms with Gasteiger partial charge in [-0.05, 0) is 36.8 Å². The van der Waals surface area contributed by atoms with Crippen molar-refractivity contribution in [3.8, 4) is 11.1 Å². The predicted octanol–water partition coefficient (Wildman–Crippen LogP) is 4.61. The molecule has 0 aliphatic carbocycles. The van der Waals surface area contributed by atoms with Crippen LogP contribution in [0.2, 0.25) is 0 Å². The van der Waals surface area contributed by atoms with Crippen molar-refractivity contribution in [3.63, 3.8) is 0 Å². The van der Waals surface area contributed by atoms with Crippen LogP contribution in [-0.2, 0) is 18.3 Å². The summed E-state index contributed by atoms with van der Waals surface area (Å²) < 4.78 is 2.72. The van der Waals surface area contributed by atoms with Crippen molar-refractivity contribution < 1.29 is 4.79 Å².